The van der Waals surface area contributed by atoms with Crippen LogP contribution in [0.3, 0.4) is 0 Å². The van der Waals surface area contributed by atoms with Gasteiger partial charge in [-0.15, -0.1) is 0 Å². The van der Waals surface area contributed by atoms with E-state index in [-0.39, 0.29) is 11.7 Å². The summed E-state index contributed by atoms with van der Waals surface area (Å²) in [6.45, 7) is 6.66. The molecule has 25 heavy (non-hydrogen) atoms. The molecule has 0 unspecified atom stereocenters. The molecule has 0 saturated heterocycles. The van der Waals surface area contributed by atoms with Gasteiger partial charge < -0.3 is 4.74 Å². The first-order chi connectivity index (χ1) is 12.1. The molecule has 130 valence electrons. The highest BCUT2D eigenvalue weighted by molar-refractivity contribution is 7.99. The van der Waals surface area contributed by atoms with E-state index in [1.54, 1.807) is 16.3 Å². The Morgan fingerprint density at radius 1 is 1.12 bits per heavy atom. The number of benzene rings is 2. The predicted octanol–water partition coefficient (Wildman–Crippen LogP) is 4.21. The van der Waals surface area contributed by atoms with Gasteiger partial charge in [-0.3, -0.25) is 9.36 Å². The minimum absolute atomic E-state index is 0.0350. The fourth-order valence-corrected chi connectivity index (χ4v) is 3.49. The van der Waals surface area contributed by atoms with Crippen molar-refractivity contribution in [1.82, 2.24) is 9.55 Å². The van der Waals surface area contributed by atoms with Gasteiger partial charge in [-0.05, 0) is 44.5 Å². The van der Waals surface area contributed by atoms with Gasteiger partial charge in [0, 0.05) is 5.75 Å². The Kier molecular flexibility index (Phi) is 5.56. The van der Waals surface area contributed by atoms with E-state index < -0.39 is 0 Å². The van der Waals surface area contributed by atoms with Crippen LogP contribution >= 0.6 is 11.8 Å². The Balaban J connectivity index is 2.08. The summed E-state index contributed by atoms with van der Waals surface area (Å²) >= 11 is 1.55. The largest absolute Gasteiger partial charge is 0.378 e. The third-order valence-corrected chi connectivity index (χ3v) is 4.77. The lowest BCUT2D eigenvalue weighted by Crippen LogP contribution is -2.22. The molecule has 0 N–H and O–H groups in total. The lowest BCUT2D eigenvalue weighted by molar-refractivity contribution is 0.0920. The molecule has 0 aliphatic rings. The van der Waals surface area contributed by atoms with Crippen LogP contribution in [-0.4, -0.2) is 28.0 Å². The topological polar surface area (TPSA) is 44.1 Å². The number of nitrogens with zero attached hydrogens (tertiary/aromatic N) is 2. The molecule has 3 rings (SSSR count). The third-order valence-electron chi connectivity index (χ3n) is 3.87. The van der Waals surface area contributed by atoms with Gasteiger partial charge in [0.1, 0.15) is 0 Å². The van der Waals surface area contributed by atoms with Gasteiger partial charge in [0.2, 0.25) is 0 Å². The lowest BCUT2D eigenvalue weighted by atomic mass is 10.2. The molecule has 0 spiro atoms. The molecule has 4 nitrogen and oxygen atoms in total. The van der Waals surface area contributed by atoms with Gasteiger partial charge >= 0.3 is 0 Å². The highest BCUT2D eigenvalue weighted by Gasteiger charge is 2.14. The first kappa shape index (κ1) is 17.7. The molecule has 0 fully saturated rings. The number of fused-ring (bicyclic) bond motifs is 1. The summed E-state index contributed by atoms with van der Waals surface area (Å²) in [6, 6.07) is 15.4. The molecular weight excluding hydrogens is 332 g/mol. The Morgan fingerprint density at radius 2 is 1.84 bits per heavy atom. The van der Waals surface area contributed by atoms with Crippen molar-refractivity contribution in [2.45, 2.75) is 32.0 Å². The predicted molar refractivity (Wildman–Crippen MR) is 104 cm³/mol. The van der Waals surface area contributed by atoms with Crippen LogP contribution in [0.2, 0.25) is 0 Å². The van der Waals surface area contributed by atoms with Crippen molar-refractivity contribution < 1.29 is 4.74 Å². The van der Waals surface area contributed by atoms with Gasteiger partial charge in [-0.2, -0.15) is 0 Å². The third kappa shape index (κ3) is 3.94. The molecule has 0 amide bonds. The maximum atomic E-state index is 13.1. The molecule has 3 aromatic rings. The van der Waals surface area contributed by atoms with E-state index in [0.29, 0.717) is 17.1 Å². The van der Waals surface area contributed by atoms with Crippen molar-refractivity contribution >= 4 is 22.7 Å². The maximum absolute atomic E-state index is 13.1. The van der Waals surface area contributed by atoms with E-state index in [0.717, 1.165) is 22.5 Å². The fourth-order valence-electron chi connectivity index (χ4n) is 2.65. The average molecular weight is 354 g/mol. The second-order valence-corrected chi connectivity index (χ2v) is 7.17. The molecule has 0 saturated carbocycles. The maximum Gasteiger partial charge on any atom is 0.266 e. The number of ether oxygens (including phenoxy) is 1. The van der Waals surface area contributed by atoms with Gasteiger partial charge in [0.05, 0.1) is 29.3 Å². The first-order valence-electron chi connectivity index (χ1n) is 8.40. The quantitative estimate of drug-likeness (QED) is 0.378. The minimum atomic E-state index is -0.0350. The van der Waals surface area contributed by atoms with E-state index in [9.17, 15) is 4.79 Å². The summed E-state index contributed by atoms with van der Waals surface area (Å²) < 4.78 is 7.33. The summed E-state index contributed by atoms with van der Waals surface area (Å²) in [6.07, 6.45) is 0.198. The molecule has 0 atom stereocenters. The zero-order valence-electron chi connectivity index (χ0n) is 14.7. The lowest BCUT2D eigenvalue weighted by Gasteiger charge is -2.15. The van der Waals surface area contributed by atoms with E-state index in [2.05, 4.69) is 0 Å². The van der Waals surface area contributed by atoms with Crippen molar-refractivity contribution in [3.05, 3.63) is 64.4 Å². The number of rotatable bonds is 6. The molecule has 0 aliphatic heterocycles. The SMILES string of the molecule is Cc1ccccc1-n1c(SCCOC(C)C)nc2ccccc2c1=O. The molecule has 0 radical (unpaired) electrons. The van der Waals surface area contributed by atoms with E-state index in [1.807, 2.05) is 69.3 Å². The second-order valence-electron chi connectivity index (χ2n) is 6.11. The van der Waals surface area contributed by atoms with Crippen LogP contribution in [-0.2, 0) is 4.74 Å². The average Bonchev–Trinajstić information content (AvgIpc) is 2.60. The Morgan fingerprint density at radius 3 is 2.60 bits per heavy atom. The van der Waals surface area contributed by atoms with Crippen LogP contribution in [0.4, 0.5) is 0 Å². The highest BCUT2D eigenvalue weighted by Crippen LogP contribution is 2.23. The van der Waals surface area contributed by atoms with E-state index >= 15 is 0 Å². The van der Waals surface area contributed by atoms with Crippen LogP contribution in [0.15, 0.2) is 58.5 Å². The monoisotopic (exact) mass is 354 g/mol. The number of aromatic nitrogens is 2. The molecular formula is C20H22N2O2S. The summed E-state index contributed by atoms with van der Waals surface area (Å²) in [4.78, 5) is 17.9. The Labute approximate surface area is 151 Å². The number of hydrogen-bond acceptors (Lipinski definition) is 4. The molecule has 1 aromatic heterocycles. The molecule has 2 aromatic carbocycles. The summed E-state index contributed by atoms with van der Waals surface area (Å²) in [5.74, 6) is 0.745. The van der Waals surface area contributed by atoms with Gasteiger partial charge in [0.25, 0.3) is 5.56 Å². The molecule has 0 aliphatic carbocycles. The summed E-state index contributed by atoms with van der Waals surface area (Å²) in [7, 11) is 0. The number of thioether (sulfide) groups is 1. The summed E-state index contributed by atoms with van der Waals surface area (Å²) in [5, 5.41) is 1.33. The number of hydrogen-bond donors (Lipinski definition) is 0. The van der Waals surface area contributed by atoms with Crippen molar-refractivity contribution in [2.24, 2.45) is 0 Å². The van der Waals surface area contributed by atoms with Crippen LogP contribution in [0.25, 0.3) is 16.6 Å². The zero-order valence-corrected chi connectivity index (χ0v) is 15.5. The molecule has 1 heterocycles. The van der Waals surface area contributed by atoms with Crippen molar-refractivity contribution in [2.75, 3.05) is 12.4 Å². The van der Waals surface area contributed by atoms with Crippen LogP contribution < -0.4 is 5.56 Å². The van der Waals surface area contributed by atoms with Gasteiger partial charge in [-0.25, -0.2) is 4.98 Å². The fraction of sp³-hybridized carbons (Fsp3) is 0.300. The van der Waals surface area contributed by atoms with Crippen LogP contribution in [0.5, 0.6) is 0 Å². The van der Waals surface area contributed by atoms with Crippen molar-refractivity contribution in [3.63, 3.8) is 0 Å². The highest BCUT2D eigenvalue weighted by atomic mass is 32.2. The molecule has 5 heteroatoms. The van der Waals surface area contributed by atoms with Crippen molar-refractivity contribution in [1.29, 1.82) is 0 Å². The standard InChI is InChI=1S/C20H22N2O2S/c1-14(2)24-12-13-25-20-21-17-10-6-5-9-16(17)19(23)22(20)18-11-7-4-8-15(18)3/h4-11,14H,12-13H2,1-3H3. The minimum Gasteiger partial charge on any atom is -0.378 e. The van der Waals surface area contributed by atoms with Crippen LogP contribution in [0, 0.1) is 6.92 Å². The van der Waals surface area contributed by atoms with E-state index in [1.165, 1.54) is 0 Å². The molecule has 0 bridgehead atoms. The summed E-state index contributed by atoms with van der Waals surface area (Å²) in [5.41, 5.74) is 2.61. The zero-order chi connectivity index (χ0) is 17.8. The number of aryl methyl sites for hydroxylation is 1. The first-order valence-corrected chi connectivity index (χ1v) is 9.38. The van der Waals surface area contributed by atoms with Crippen LogP contribution in [0.1, 0.15) is 19.4 Å². The Bertz CT molecular complexity index is 934. The number of para-hydroxylation sites is 2. The van der Waals surface area contributed by atoms with Crippen molar-refractivity contribution in [3.8, 4) is 5.69 Å². The van der Waals surface area contributed by atoms with Gasteiger partial charge in [-0.1, -0.05) is 42.1 Å². The van der Waals surface area contributed by atoms with E-state index in [4.69, 9.17) is 9.72 Å². The smallest absolute Gasteiger partial charge is 0.266 e. The van der Waals surface area contributed by atoms with Gasteiger partial charge in [0.15, 0.2) is 5.16 Å². The Hall–Kier alpha value is -2.11. The normalized spacial score (nSPS) is 11.4. The second kappa shape index (κ2) is 7.85.